The zero-order valence-corrected chi connectivity index (χ0v) is 29.7. The van der Waals surface area contributed by atoms with E-state index >= 15 is 0 Å². The topological polar surface area (TPSA) is 165 Å². The first-order chi connectivity index (χ1) is 24.4. The fourth-order valence-electron chi connectivity index (χ4n) is 6.16. The molecule has 270 valence electrons. The number of methoxy groups -OCH3 is 1. The van der Waals surface area contributed by atoms with Gasteiger partial charge in [-0.05, 0) is 93.8 Å². The number of likely N-dealkylation sites (tertiary alicyclic amines) is 1. The summed E-state index contributed by atoms with van der Waals surface area (Å²) in [6, 6.07) is 20.1. The van der Waals surface area contributed by atoms with Crippen LogP contribution in [0.15, 0.2) is 72.8 Å². The van der Waals surface area contributed by atoms with Gasteiger partial charge in [-0.2, -0.15) is 15.4 Å². The molecule has 1 fully saturated rings. The maximum atomic E-state index is 14.4. The molecule has 3 amide bonds. The number of fused-ring (bicyclic) bond motifs is 1. The molecule has 0 spiro atoms. The maximum absolute atomic E-state index is 14.4. The molecule has 1 aliphatic heterocycles. The van der Waals surface area contributed by atoms with Crippen molar-refractivity contribution in [2.75, 3.05) is 13.7 Å². The highest BCUT2D eigenvalue weighted by atomic mass is 16.6. The molecule has 4 aromatic rings. The Labute approximate surface area is 297 Å². The molecular formula is C38H46N6O7. The molecule has 0 aliphatic carbocycles. The Morgan fingerprint density at radius 3 is 2.37 bits per heavy atom. The Morgan fingerprint density at radius 2 is 1.67 bits per heavy atom. The summed E-state index contributed by atoms with van der Waals surface area (Å²) in [6.07, 6.45) is 0.0300. The SMILES string of the molecule is COc1ccc(C[C@@H]2C[C@@H](C(=O)NC(C)c3ccc4n[nH]nc4c3)N(C(=O)C(CCC(=O)OCc3ccccc3)NC(=O)OC(C)(C)C)C2)cc1. The van der Waals surface area contributed by atoms with E-state index in [1.807, 2.05) is 79.7 Å². The monoisotopic (exact) mass is 698 g/mol. The zero-order chi connectivity index (χ0) is 36.5. The van der Waals surface area contributed by atoms with Crippen LogP contribution in [0.5, 0.6) is 5.75 Å². The average molecular weight is 699 g/mol. The first-order valence-corrected chi connectivity index (χ1v) is 17.1. The van der Waals surface area contributed by atoms with Gasteiger partial charge in [0.05, 0.1) is 13.2 Å². The highest BCUT2D eigenvalue weighted by Crippen LogP contribution is 2.30. The van der Waals surface area contributed by atoms with E-state index < -0.39 is 41.7 Å². The minimum absolute atomic E-state index is 0.0478. The van der Waals surface area contributed by atoms with Crippen LogP contribution in [0.25, 0.3) is 11.0 Å². The van der Waals surface area contributed by atoms with E-state index in [2.05, 4.69) is 26.0 Å². The van der Waals surface area contributed by atoms with E-state index in [9.17, 15) is 19.2 Å². The molecule has 1 aliphatic rings. The summed E-state index contributed by atoms with van der Waals surface area (Å²) < 4.78 is 16.2. The quantitative estimate of drug-likeness (QED) is 0.163. The van der Waals surface area contributed by atoms with Crippen molar-refractivity contribution >= 4 is 34.9 Å². The van der Waals surface area contributed by atoms with Gasteiger partial charge in [-0.15, -0.1) is 0 Å². The van der Waals surface area contributed by atoms with E-state index in [0.29, 0.717) is 23.9 Å². The fourth-order valence-corrected chi connectivity index (χ4v) is 6.16. The predicted octanol–water partition coefficient (Wildman–Crippen LogP) is 5.02. The standard InChI is InChI=1S/C38H46N6O7/c1-24(28-13-16-30-32(21-28)42-43-41-30)39-35(46)33-20-27(19-25-11-14-29(49-5)15-12-25)22-44(33)36(47)31(40-37(48)51-38(2,3)4)17-18-34(45)50-23-26-9-7-6-8-10-26/h6-16,21,24,27,31,33H,17-20,22-23H2,1-5H3,(H,39,46)(H,40,48)(H,41,42,43)/t24?,27-,31?,33+/m1/s1. The van der Waals surface area contributed by atoms with Gasteiger partial charge in [0.15, 0.2) is 0 Å². The molecule has 1 saturated heterocycles. The molecule has 2 heterocycles. The minimum atomic E-state index is -1.15. The lowest BCUT2D eigenvalue weighted by atomic mass is 9.96. The van der Waals surface area contributed by atoms with Gasteiger partial charge in [0.2, 0.25) is 11.8 Å². The van der Waals surface area contributed by atoms with Gasteiger partial charge in [0.25, 0.3) is 0 Å². The van der Waals surface area contributed by atoms with E-state index in [-0.39, 0.29) is 37.8 Å². The van der Waals surface area contributed by atoms with Gasteiger partial charge < -0.3 is 29.7 Å². The van der Waals surface area contributed by atoms with Crippen LogP contribution in [0.4, 0.5) is 4.79 Å². The second-order valence-electron chi connectivity index (χ2n) is 13.8. The molecule has 0 bridgehead atoms. The Bertz CT molecular complexity index is 1800. The number of H-pyrrole nitrogens is 1. The molecule has 2 unspecified atom stereocenters. The number of amides is 3. The molecular weight excluding hydrogens is 652 g/mol. The van der Waals surface area contributed by atoms with Crippen molar-refractivity contribution in [1.29, 1.82) is 0 Å². The zero-order valence-electron chi connectivity index (χ0n) is 29.7. The summed E-state index contributed by atoms with van der Waals surface area (Å²) in [6.45, 7) is 7.38. The van der Waals surface area contributed by atoms with Crippen LogP contribution in [0.1, 0.15) is 69.7 Å². The summed E-state index contributed by atoms with van der Waals surface area (Å²) in [4.78, 5) is 55.7. The largest absolute Gasteiger partial charge is 0.497 e. The van der Waals surface area contributed by atoms with Crippen LogP contribution >= 0.6 is 0 Å². The van der Waals surface area contributed by atoms with Gasteiger partial charge in [0.1, 0.15) is 41.1 Å². The average Bonchev–Trinajstić information content (AvgIpc) is 3.76. The maximum Gasteiger partial charge on any atom is 0.408 e. The number of carbonyl (C=O) groups excluding carboxylic acids is 4. The number of nitrogens with zero attached hydrogens (tertiary/aromatic N) is 3. The number of aromatic nitrogens is 3. The van der Waals surface area contributed by atoms with Crippen molar-refractivity contribution in [3.8, 4) is 5.75 Å². The summed E-state index contributed by atoms with van der Waals surface area (Å²) in [5, 5.41) is 16.6. The molecule has 0 saturated carbocycles. The molecule has 3 aromatic carbocycles. The predicted molar refractivity (Wildman–Crippen MR) is 189 cm³/mol. The second-order valence-corrected chi connectivity index (χ2v) is 13.8. The van der Waals surface area contributed by atoms with Gasteiger partial charge in [-0.1, -0.05) is 48.5 Å². The van der Waals surface area contributed by atoms with Crippen molar-refractivity contribution in [3.63, 3.8) is 0 Å². The third-order valence-corrected chi connectivity index (χ3v) is 8.72. The summed E-state index contributed by atoms with van der Waals surface area (Å²) >= 11 is 0. The van der Waals surface area contributed by atoms with E-state index in [1.165, 1.54) is 4.90 Å². The van der Waals surface area contributed by atoms with Crippen LogP contribution < -0.4 is 15.4 Å². The number of nitrogens with one attached hydrogen (secondary N) is 3. The lowest BCUT2D eigenvalue weighted by Gasteiger charge is -2.30. The number of hydrogen-bond acceptors (Lipinski definition) is 9. The van der Waals surface area contributed by atoms with Gasteiger partial charge in [0, 0.05) is 13.0 Å². The molecule has 3 N–H and O–H groups in total. The number of hydrogen-bond donors (Lipinski definition) is 3. The van der Waals surface area contributed by atoms with Gasteiger partial charge in [-0.25, -0.2) is 4.79 Å². The molecule has 13 nitrogen and oxygen atoms in total. The van der Waals surface area contributed by atoms with Crippen molar-refractivity contribution in [2.45, 2.75) is 83.7 Å². The normalized spacial score (nSPS) is 17.0. The first kappa shape index (κ1) is 36.8. The van der Waals surface area contributed by atoms with Gasteiger partial charge in [-0.3, -0.25) is 14.4 Å². The molecule has 4 atom stereocenters. The van der Waals surface area contributed by atoms with Crippen LogP contribution in [0.3, 0.4) is 0 Å². The Morgan fingerprint density at radius 1 is 0.941 bits per heavy atom. The third-order valence-electron chi connectivity index (χ3n) is 8.72. The highest BCUT2D eigenvalue weighted by Gasteiger charge is 2.42. The minimum Gasteiger partial charge on any atom is -0.497 e. The summed E-state index contributed by atoms with van der Waals surface area (Å²) in [7, 11) is 1.61. The number of esters is 1. The fraction of sp³-hybridized carbons (Fsp3) is 0.421. The van der Waals surface area contributed by atoms with Gasteiger partial charge >= 0.3 is 12.1 Å². The first-order valence-electron chi connectivity index (χ1n) is 17.1. The van der Waals surface area contributed by atoms with E-state index in [1.54, 1.807) is 27.9 Å². The number of benzene rings is 3. The summed E-state index contributed by atoms with van der Waals surface area (Å²) in [5.74, 6) is -0.653. The Hall–Kier alpha value is -5.46. The van der Waals surface area contributed by atoms with E-state index in [0.717, 1.165) is 22.4 Å². The molecule has 13 heteroatoms. The van der Waals surface area contributed by atoms with Crippen molar-refractivity contribution in [2.24, 2.45) is 5.92 Å². The summed E-state index contributed by atoms with van der Waals surface area (Å²) in [5.41, 5.74) is 3.25. The number of rotatable bonds is 13. The van der Waals surface area contributed by atoms with Crippen molar-refractivity contribution < 1.29 is 33.4 Å². The van der Waals surface area contributed by atoms with Crippen LogP contribution in [0, 0.1) is 5.92 Å². The van der Waals surface area contributed by atoms with E-state index in [4.69, 9.17) is 14.2 Å². The number of aromatic amines is 1. The van der Waals surface area contributed by atoms with Crippen LogP contribution in [-0.2, 0) is 36.9 Å². The number of alkyl carbamates (subject to hydrolysis) is 1. The third kappa shape index (κ3) is 10.3. The Balaban J connectivity index is 1.34. The van der Waals surface area contributed by atoms with Crippen molar-refractivity contribution in [3.05, 3.63) is 89.5 Å². The smallest absolute Gasteiger partial charge is 0.408 e. The van der Waals surface area contributed by atoms with Crippen LogP contribution in [-0.4, -0.2) is 75.5 Å². The van der Waals surface area contributed by atoms with Crippen LogP contribution in [0.2, 0.25) is 0 Å². The second kappa shape index (κ2) is 16.5. The molecule has 51 heavy (non-hydrogen) atoms. The molecule has 1 aromatic heterocycles. The lowest BCUT2D eigenvalue weighted by molar-refractivity contribution is -0.146. The number of carbonyl (C=O) groups is 4. The molecule has 0 radical (unpaired) electrons. The Kier molecular flexibility index (Phi) is 11.9. The highest BCUT2D eigenvalue weighted by molar-refractivity contribution is 5.92. The lowest BCUT2D eigenvalue weighted by Crippen LogP contribution is -2.54. The molecule has 5 rings (SSSR count). The number of ether oxygens (including phenoxy) is 3. The van der Waals surface area contributed by atoms with Crippen molar-refractivity contribution in [1.82, 2.24) is 30.9 Å².